The van der Waals surface area contributed by atoms with Crippen molar-refractivity contribution in [3.05, 3.63) is 0 Å². The normalized spacial score (nSPS) is 19.3. The van der Waals surface area contributed by atoms with Crippen molar-refractivity contribution in [1.29, 1.82) is 0 Å². The molecule has 0 atom stereocenters. The monoisotopic (exact) mass is 212 g/mol. The van der Waals surface area contributed by atoms with Gasteiger partial charge in [-0.15, -0.1) is 0 Å². The van der Waals surface area contributed by atoms with Crippen LogP contribution in [0.2, 0.25) is 0 Å². The molecule has 1 aliphatic heterocycles. The molecule has 7 nitrogen and oxygen atoms in total. The summed E-state index contributed by atoms with van der Waals surface area (Å²) in [5.74, 6) is -2.16. The molecule has 0 spiro atoms. The number of imide groups is 2. The van der Waals surface area contributed by atoms with Crippen LogP contribution in [0, 0.1) is 5.92 Å². The van der Waals surface area contributed by atoms with E-state index in [4.69, 9.17) is 0 Å². The Bertz CT molecular complexity index is 315. The maximum Gasteiger partial charge on any atom is 0.332 e. The molecule has 7 heteroatoms. The summed E-state index contributed by atoms with van der Waals surface area (Å²) in [6.07, 6.45) is 1.18. The van der Waals surface area contributed by atoms with E-state index in [1.807, 2.05) is 0 Å². The summed E-state index contributed by atoms with van der Waals surface area (Å²) in [5, 5.41) is 3.61. The Balaban J connectivity index is 2.97. The van der Waals surface area contributed by atoms with Crippen LogP contribution in [-0.4, -0.2) is 55.0 Å². The third-order valence-corrected chi connectivity index (χ3v) is 2.12. The molecule has 0 aromatic heterocycles. The van der Waals surface area contributed by atoms with Crippen LogP contribution < -0.4 is 5.43 Å². The van der Waals surface area contributed by atoms with Crippen LogP contribution in [0.5, 0.6) is 0 Å². The number of hydrogen-bond donors (Lipinski definition) is 1. The molecule has 0 aromatic rings. The van der Waals surface area contributed by atoms with Gasteiger partial charge < -0.3 is 5.43 Å². The number of nitrogens with one attached hydrogen (secondary N) is 1. The molecule has 1 N–H and O–H groups in total. The van der Waals surface area contributed by atoms with Crippen molar-refractivity contribution in [3.8, 4) is 0 Å². The first kappa shape index (κ1) is 11.2. The number of hydrazone groups is 1. The third kappa shape index (κ3) is 1.80. The molecule has 1 rings (SSSR count). The first-order valence-corrected chi connectivity index (χ1v) is 4.29. The minimum Gasteiger partial charge on any atom is -0.313 e. The fourth-order valence-corrected chi connectivity index (χ4v) is 1.21. The summed E-state index contributed by atoms with van der Waals surface area (Å²) < 4.78 is 0. The molecule has 4 amide bonds. The Morgan fingerprint density at radius 1 is 1.20 bits per heavy atom. The summed E-state index contributed by atoms with van der Waals surface area (Å²) in [4.78, 5) is 36.2. The van der Waals surface area contributed by atoms with Crippen molar-refractivity contribution < 1.29 is 14.4 Å². The fraction of sp³-hybridized carbons (Fsp3) is 0.500. The third-order valence-electron chi connectivity index (χ3n) is 2.12. The average molecular weight is 212 g/mol. The van der Waals surface area contributed by atoms with Gasteiger partial charge in [0.05, 0.1) is 0 Å². The van der Waals surface area contributed by atoms with Crippen LogP contribution in [0.15, 0.2) is 5.10 Å². The zero-order valence-electron chi connectivity index (χ0n) is 8.72. The van der Waals surface area contributed by atoms with Crippen molar-refractivity contribution in [3.63, 3.8) is 0 Å². The van der Waals surface area contributed by atoms with Gasteiger partial charge in [-0.25, -0.2) is 4.79 Å². The van der Waals surface area contributed by atoms with Gasteiger partial charge >= 0.3 is 6.03 Å². The molecular formula is C8H12N4O3. The Morgan fingerprint density at radius 3 is 2.07 bits per heavy atom. The van der Waals surface area contributed by atoms with E-state index in [0.717, 1.165) is 9.80 Å². The predicted octanol–water partition coefficient (Wildman–Crippen LogP) is -1.14. The van der Waals surface area contributed by atoms with Crippen molar-refractivity contribution in [2.45, 2.75) is 0 Å². The zero-order valence-corrected chi connectivity index (χ0v) is 8.72. The number of nitrogens with zero attached hydrogens (tertiary/aromatic N) is 3. The van der Waals surface area contributed by atoms with Gasteiger partial charge in [-0.1, -0.05) is 0 Å². The number of barbiturate groups is 1. The van der Waals surface area contributed by atoms with Gasteiger partial charge in [-0.3, -0.25) is 19.4 Å². The quantitative estimate of drug-likeness (QED) is 0.356. The van der Waals surface area contributed by atoms with Gasteiger partial charge in [-0.05, 0) is 0 Å². The van der Waals surface area contributed by atoms with Crippen LogP contribution in [0.3, 0.4) is 0 Å². The Labute approximate surface area is 86.7 Å². The van der Waals surface area contributed by atoms with Crippen molar-refractivity contribution in [2.75, 3.05) is 21.1 Å². The molecule has 0 aliphatic carbocycles. The molecule has 1 aliphatic rings. The molecular weight excluding hydrogens is 200 g/mol. The summed E-state index contributed by atoms with van der Waals surface area (Å²) in [6.45, 7) is 0. The lowest BCUT2D eigenvalue weighted by molar-refractivity contribution is -0.144. The maximum absolute atomic E-state index is 11.5. The number of hydrogen-bond acceptors (Lipinski definition) is 5. The highest BCUT2D eigenvalue weighted by atomic mass is 16.2. The van der Waals surface area contributed by atoms with Crippen LogP contribution in [0.1, 0.15) is 0 Å². The van der Waals surface area contributed by atoms with E-state index in [1.54, 1.807) is 7.05 Å². The van der Waals surface area contributed by atoms with E-state index in [9.17, 15) is 14.4 Å². The second-order valence-electron chi connectivity index (χ2n) is 3.06. The minimum atomic E-state index is -1.02. The van der Waals surface area contributed by atoms with Crippen molar-refractivity contribution in [2.24, 2.45) is 11.0 Å². The van der Waals surface area contributed by atoms with Gasteiger partial charge in [-0.2, -0.15) is 5.10 Å². The number of urea groups is 1. The fourth-order valence-electron chi connectivity index (χ4n) is 1.21. The van der Waals surface area contributed by atoms with E-state index in [1.165, 1.54) is 20.3 Å². The SMILES string of the molecule is CN/N=C/C1C(=O)N(C)C(=O)N(C)C1=O. The van der Waals surface area contributed by atoms with Crippen LogP contribution in [-0.2, 0) is 9.59 Å². The highest BCUT2D eigenvalue weighted by molar-refractivity contribution is 6.23. The van der Waals surface area contributed by atoms with E-state index in [-0.39, 0.29) is 0 Å². The van der Waals surface area contributed by atoms with Gasteiger partial charge in [0.1, 0.15) is 0 Å². The molecule has 0 aromatic carbocycles. The average Bonchev–Trinajstić information content (AvgIpc) is 2.24. The molecule has 1 heterocycles. The zero-order chi connectivity index (χ0) is 11.6. The first-order valence-electron chi connectivity index (χ1n) is 4.29. The van der Waals surface area contributed by atoms with E-state index in [0.29, 0.717) is 0 Å². The van der Waals surface area contributed by atoms with Crippen molar-refractivity contribution >= 4 is 24.1 Å². The topological polar surface area (TPSA) is 82.1 Å². The number of carbonyl (C=O) groups excluding carboxylic acids is 3. The van der Waals surface area contributed by atoms with Gasteiger partial charge in [0, 0.05) is 27.4 Å². The number of carbonyl (C=O) groups is 3. The molecule has 0 saturated carbocycles. The minimum absolute atomic E-state index is 0.567. The summed E-state index contributed by atoms with van der Waals surface area (Å²) in [6, 6.07) is -0.626. The largest absolute Gasteiger partial charge is 0.332 e. The van der Waals surface area contributed by atoms with Gasteiger partial charge in [0.15, 0.2) is 5.92 Å². The van der Waals surface area contributed by atoms with Crippen LogP contribution >= 0.6 is 0 Å². The second kappa shape index (κ2) is 4.07. The summed E-state index contributed by atoms with van der Waals surface area (Å²) >= 11 is 0. The van der Waals surface area contributed by atoms with E-state index < -0.39 is 23.8 Å². The highest BCUT2D eigenvalue weighted by Gasteiger charge is 2.41. The molecule has 0 unspecified atom stereocenters. The van der Waals surface area contributed by atoms with E-state index >= 15 is 0 Å². The lowest BCUT2D eigenvalue weighted by Crippen LogP contribution is -2.57. The van der Waals surface area contributed by atoms with Crippen LogP contribution in [0.25, 0.3) is 0 Å². The summed E-state index contributed by atoms with van der Waals surface area (Å²) in [7, 11) is 4.20. The van der Waals surface area contributed by atoms with Gasteiger partial charge in [0.2, 0.25) is 11.8 Å². The second-order valence-corrected chi connectivity index (χ2v) is 3.06. The smallest absolute Gasteiger partial charge is 0.313 e. The summed E-state index contributed by atoms with van der Waals surface area (Å²) in [5.41, 5.74) is 2.44. The molecule has 82 valence electrons. The Hall–Kier alpha value is -1.92. The molecule has 1 fully saturated rings. The predicted molar refractivity (Wildman–Crippen MR) is 52.0 cm³/mol. The lowest BCUT2D eigenvalue weighted by atomic mass is 10.1. The van der Waals surface area contributed by atoms with Crippen molar-refractivity contribution in [1.82, 2.24) is 15.2 Å². The molecule has 1 saturated heterocycles. The maximum atomic E-state index is 11.5. The Kier molecular flexibility index (Phi) is 3.03. The van der Waals surface area contributed by atoms with Crippen LogP contribution in [0.4, 0.5) is 4.79 Å². The number of rotatable bonds is 2. The van der Waals surface area contributed by atoms with Gasteiger partial charge in [0.25, 0.3) is 0 Å². The standard InChI is InChI=1S/C8H12N4O3/c1-9-10-4-5-6(13)11(2)8(15)12(3)7(5)14/h4-5,9H,1-3H3/b10-4+. The van der Waals surface area contributed by atoms with E-state index in [2.05, 4.69) is 10.5 Å². The first-order chi connectivity index (χ1) is 7.00. The number of amides is 4. The lowest BCUT2D eigenvalue weighted by Gasteiger charge is -2.30. The highest BCUT2D eigenvalue weighted by Crippen LogP contribution is 2.13. The Morgan fingerprint density at radius 2 is 1.67 bits per heavy atom. The molecule has 0 radical (unpaired) electrons. The molecule has 0 bridgehead atoms. The molecule has 15 heavy (non-hydrogen) atoms.